The van der Waals surface area contributed by atoms with E-state index in [4.69, 9.17) is 4.74 Å². The van der Waals surface area contributed by atoms with Crippen molar-refractivity contribution in [1.82, 2.24) is 14.9 Å². The molecule has 4 rings (SSSR count). The predicted octanol–water partition coefficient (Wildman–Crippen LogP) is 2.44. The van der Waals surface area contributed by atoms with Crippen molar-refractivity contribution in [3.8, 4) is 5.75 Å². The van der Waals surface area contributed by atoms with E-state index in [9.17, 15) is 4.79 Å². The van der Waals surface area contributed by atoms with Gasteiger partial charge in [0.05, 0.1) is 5.92 Å². The van der Waals surface area contributed by atoms with Crippen LogP contribution in [0.25, 0.3) is 0 Å². The number of amides is 1. The monoisotopic (exact) mass is 352 g/mol. The van der Waals surface area contributed by atoms with Crippen LogP contribution in [-0.4, -0.2) is 46.5 Å². The highest BCUT2D eigenvalue weighted by Gasteiger charge is 2.31. The van der Waals surface area contributed by atoms with Gasteiger partial charge in [0.25, 0.3) is 0 Å². The van der Waals surface area contributed by atoms with Crippen molar-refractivity contribution in [3.05, 3.63) is 47.9 Å². The molecule has 0 saturated carbocycles. The van der Waals surface area contributed by atoms with E-state index >= 15 is 0 Å². The van der Waals surface area contributed by atoms with E-state index in [0.29, 0.717) is 12.6 Å². The summed E-state index contributed by atoms with van der Waals surface area (Å²) in [7, 11) is 0. The number of benzene rings is 1. The van der Waals surface area contributed by atoms with Crippen LogP contribution >= 0.6 is 0 Å². The molecule has 0 bridgehead atoms. The number of rotatable bonds is 3. The number of ether oxygens (including phenoxy) is 1. The highest BCUT2D eigenvalue weighted by Crippen LogP contribution is 2.28. The number of piperidine rings is 1. The lowest BCUT2D eigenvalue weighted by molar-refractivity contribution is -0.137. The van der Waals surface area contributed by atoms with Crippen molar-refractivity contribution >= 4 is 11.7 Å². The van der Waals surface area contributed by atoms with Gasteiger partial charge in [-0.1, -0.05) is 18.2 Å². The first-order valence-corrected chi connectivity index (χ1v) is 9.24. The molecule has 2 aliphatic rings. The van der Waals surface area contributed by atoms with Gasteiger partial charge in [0.15, 0.2) is 0 Å². The normalized spacial score (nSPS) is 20.2. The average molecular weight is 352 g/mol. The summed E-state index contributed by atoms with van der Waals surface area (Å²) in [5.41, 5.74) is 2.08. The smallest absolute Gasteiger partial charge is 0.229 e. The zero-order valence-electron chi connectivity index (χ0n) is 15.0. The van der Waals surface area contributed by atoms with Gasteiger partial charge in [-0.2, -0.15) is 0 Å². The topological polar surface area (TPSA) is 67.4 Å². The molecular formula is C20H24N4O2. The second-order valence-electron chi connectivity index (χ2n) is 7.11. The van der Waals surface area contributed by atoms with Crippen LogP contribution in [0.1, 0.15) is 24.1 Å². The molecule has 1 saturated heterocycles. The van der Waals surface area contributed by atoms with Crippen LogP contribution in [0, 0.1) is 12.8 Å². The number of likely N-dealkylation sites (tertiary alicyclic amines) is 1. The summed E-state index contributed by atoms with van der Waals surface area (Å²) < 4.78 is 5.79. The Morgan fingerprint density at radius 1 is 1.23 bits per heavy atom. The molecule has 1 aromatic carbocycles. The number of hydrogen-bond acceptors (Lipinski definition) is 5. The van der Waals surface area contributed by atoms with Crippen molar-refractivity contribution in [2.45, 2.75) is 32.2 Å². The Morgan fingerprint density at radius 3 is 2.85 bits per heavy atom. The quantitative estimate of drug-likeness (QED) is 0.919. The van der Waals surface area contributed by atoms with Gasteiger partial charge in [-0.05, 0) is 37.8 Å². The lowest BCUT2D eigenvalue weighted by atomic mass is 9.94. The molecule has 6 heteroatoms. The van der Waals surface area contributed by atoms with E-state index in [1.165, 1.54) is 0 Å². The zero-order chi connectivity index (χ0) is 17.9. The first-order valence-electron chi connectivity index (χ1n) is 9.24. The van der Waals surface area contributed by atoms with E-state index in [0.717, 1.165) is 55.2 Å². The molecule has 6 nitrogen and oxygen atoms in total. The van der Waals surface area contributed by atoms with Gasteiger partial charge in [0, 0.05) is 30.9 Å². The Labute approximate surface area is 153 Å². The fourth-order valence-corrected chi connectivity index (χ4v) is 3.73. The van der Waals surface area contributed by atoms with E-state index in [1.54, 1.807) is 6.33 Å². The third kappa shape index (κ3) is 3.64. The Balaban J connectivity index is 1.31. The maximum atomic E-state index is 12.9. The fraction of sp³-hybridized carbons (Fsp3) is 0.450. The van der Waals surface area contributed by atoms with Crippen LogP contribution in [0.5, 0.6) is 5.75 Å². The van der Waals surface area contributed by atoms with E-state index in [1.807, 2.05) is 36.1 Å². The summed E-state index contributed by atoms with van der Waals surface area (Å²) in [6.45, 7) is 3.99. The molecule has 1 atom stereocenters. The molecule has 1 unspecified atom stereocenters. The standard InChI is InChI=1S/C20H24N4O2/c1-14-10-19(22-13-21-14)23-17-6-8-24(9-7-17)20(25)16-11-15-4-2-3-5-18(15)26-12-16/h2-5,10,13,16-17H,6-9,11-12H2,1H3,(H,21,22,23). The first-order chi connectivity index (χ1) is 12.7. The van der Waals surface area contributed by atoms with Gasteiger partial charge < -0.3 is 15.0 Å². The summed E-state index contributed by atoms with van der Waals surface area (Å²) >= 11 is 0. The Kier molecular flexibility index (Phi) is 4.73. The molecule has 1 N–H and O–H groups in total. The first kappa shape index (κ1) is 16.8. The second-order valence-corrected chi connectivity index (χ2v) is 7.11. The number of fused-ring (bicyclic) bond motifs is 1. The minimum atomic E-state index is -0.0704. The van der Waals surface area contributed by atoms with Crippen molar-refractivity contribution in [3.63, 3.8) is 0 Å². The van der Waals surface area contributed by atoms with Crippen LogP contribution in [-0.2, 0) is 11.2 Å². The van der Waals surface area contributed by atoms with E-state index < -0.39 is 0 Å². The summed E-state index contributed by atoms with van der Waals surface area (Å²) in [6.07, 6.45) is 4.21. The maximum Gasteiger partial charge on any atom is 0.229 e. The van der Waals surface area contributed by atoms with Gasteiger partial charge in [0.2, 0.25) is 5.91 Å². The molecule has 0 radical (unpaired) electrons. The van der Waals surface area contributed by atoms with Gasteiger partial charge in [-0.25, -0.2) is 9.97 Å². The highest BCUT2D eigenvalue weighted by molar-refractivity contribution is 5.80. The number of aryl methyl sites for hydroxylation is 1. The van der Waals surface area contributed by atoms with Crippen LogP contribution in [0.3, 0.4) is 0 Å². The van der Waals surface area contributed by atoms with Gasteiger partial charge >= 0.3 is 0 Å². The molecule has 2 aromatic rings. The summed E-state index contributed by atoms with van der Waals surface area (Å²) in [5.74, 6) is 1.92. The average Bonchev–Trinajstić information content (AvgIpc) is 2.68. The van der Waals surface area contributed by atoms with Crippen LogP contribution in [0.4, 0.5) is 5.82 Å². The van der Waals surface area contributed by atoms with Crippen LogP contribution < -0.4 is 10.1 Å². The van der Waals surface area contributed by atoms with Gasteiger partial charge in [-0.3, -0.25) is 4.79 Å². The largest absolute Gasteiger partial charge is 0.492 e. The van der Waals surface area contributed by atoms with Crippen molar-refractivity contribution in [1.29, 1.82) is 0 Å². The number of anilines is 1. The van der Waals surface area contributed by atoms with E-state index in [2.05, 4.69) is 21.4 Å². The van der Waals surface area contributed by atoms with Crippen molar-refractivity contribution in [2.75, 3.05) is 25.0 Å². The molecule has 2 aliphatic heterocycles. The van der Waals surface area contributed by atoms with Crippen LogP contribution in [0.15, 0.2) is 36.7 Å². The van der Waals surface area contributed by atoms with Crippen molar-refractivity contribution in [2.24, 2.45) is 5.92 Å². The molecule has 1 amide bonds. The Morgan fingerprint density at radius 2 is 2.04 bits per heavy atom. The van der Waals surface area contributed by atoms with Crippen LogP contribution in [0.2, 0.25) is 0 Å². The van der Waals surface area contributed by atoms with Gasteiger partial charge in [0.1, 0.15) is 24.5 Å². The number of carbonyl (C=O) groups is 1. The zero-order valence-corrected chi connectivity index (χ0v) is 15.0. The number of aromatic nitrogens is 2. The lowest BCUT2D eigenvalue weighted by Crippen LogP contribution is -2.47. The third-order valence-electron chi connectivity index (χ3n) is 5.19. The summed E-state index contributed by atoms with van der Waals surface area (Å²) in [5, 5.41) is 3.46. The number of para-hydroxylation sites is 1. The molecule has 136 valence electrons. The minimum Gasteiger partial charge on any atom is -0.492 e. The Hall–Kier alpha value is -2.63. The summed E-state index contributed by atoms with van der Waals surface area (Å²) in [4.78, 5) is 23.3. The number of hydrogen-bond donors (Lipinski definition) is 1. The van der Waals surface area contributed by atoms with E-state index in [-0.39, 0.29) is 11.8 Å². The molecule has 0 spiro atoms. The Bertz CT molecular complexity index is 787. The number of carbonyl (C=O) groups excluding carboxylic acids is 1. The third-order valence-corrected chi connectivity index (χ3v) is 5.19. The molecular weight excluding hydrogens is 328 g/mol. The summed E-state index contributed by atoms with van der Waals surface area (Å²) in [6, 6.07) is 10.3. The maximum absolute atomic E-state index is 12.9. The SMILES string of the molecule is Cc1cc(NC2CCN(C(=O)C3COc4ccccc4C3)CC2)ncn1. The predicted molar refractivity (Wildman–Crippen MR) is 99.1 cm³/mol. The highest BCUT2D eigenvalue weighted by atomic mass is 16.5. The molecule has 1 fully saturated rings. The number of nitrogens with zero attached hydrogens (tertiary/aromatic N) is 3. The molecule has 1 aromatic heterocycles. The number of nitrogens with one attached hydrogen (secondary N) is 1. The van der Waals surface area contributed by atoms with Crippen molar-refractivity contribution < 1.29 is 9.53 Å². The minimum absolute atomic E-state index is 0.0704. The lowest BCUT2D eigenvalue weighted by Gasteiger charge is -2.35. The molecule has 26 heavy (non-hydrogen) atoms. The fourth-order valence-electron chi connectivity index (χ4n) is 3.73. The molecule has 3 heterocycles. The molecule has 0 aliphatic carbocycles. The second kappa shape index (κ2) is 7.32. The van der Waals surface area contributed by atoms with Gasteiger partial charge in [-0.15, -0.1) is 0 Å².